The van der Waals surface area contributed by atoms with Crippen molar-refractivity contribution in [1.29, 1.82) is 0 Å². The molecule has 0 spiro atoms. The molecule has 1 aliphatic rings. The molecule has 1 aliphatic heterocycles. The van der Waals surface area contributed by atoms with Gasteiger partial charge in [-0.25, -0.2) is 0 Å². The molecule has 0 fully saturated rings. The van der Waals surface area contributed by atoms with E-state index < -0.39 is 5.91 Å². The van der Waals surface area contributed by atoms with Crippen LogP contribution in [0.3, 0.4) is 0 Å². The van der Waals surface area contributed by atoms with Crippen molar-refractivity contribution < 1.29 is 14.3 Å². The predicted molar refractivity (Wildman–Crippen MR) is 60.2 cm³/mol. The fourth-order valence-corrected chi connectivity index (χ4v) is 1.36. The van der Waals surface area contributed by atoms with Crippen LogP contribution in [-0.4, -0.2) is 11.7 Å². The Morgan fingerprint density at radius 3 is 2.56 bits per heavy atom. The van der Waals surface area contributed by atoms with Crippen molar-refractivity contribution in [3.8, 4) is 0 Å². The minimum atomic E-state index is -0.681. The molecule has 0 saturated carbocycles. The summed E-state index contributed by atoms with van der Waals surface area (Å²) >= 11 is 0. The molecule has 0 aromatic carbocycles. The van der Waals surface area contributed by atoms with E-state index in [0.717, 1.165) is 12.8 Å². The second-order valence-electron chi connectivity index (χ2n) is 3.74. The van der Waals surface area contributed by atoms with E-state index in [0.29, 0.717) is 0 Å². The van der Waals surface area contributed by atoms with Crippen molar-refractivity contribution in [2.24, 2.45) is 5.73 Å². The summed E-state index contributed by atoms with van der Waals surface area (Å²) in [5.74, 6) is -0.859. The molecule has 4 nitrogen and oxygen atoms in total. The third-order valence-corrected chi connectivity index (χ3v) is 2.31. The summed E-state index contributed by atoms with van der Waals surface area (Å²) in [6.45, 7) is 2.15. The normalized spacial score (nSPS) is 14.1. The highest BCUT2D eigenvalue weighted by Gasteiger charge is 2.34. The van der Waals surface area contributed by atoms with Gasteiger partial charge in [0.2, 0.25) is 17.3 Å². The summed E-state index contributed by atoms with van der Waals surface area (Å²) in [4.78, 5) is 21.9. The molecule has 1 amide bonds. The lowest BCUT2D eigenvalue weighted by atomic mass is 10.1. The van der Waals surface area contributed by atoms with E-state index in [4.69, 9.17) is 10.5 Å². The lowest BCUT2D eigenvalue weighted by Gasteiger charge is -1.93. The van der Waals surface area contributed by atoms with Gasteiger partial charge in [-0.15, -0.1) is 0 Å². The zero-order valence-electron chi connectivity index (χ0n) is 9.49. The molecule has 2 N–H and O–H groups in total. The number of carbonyl (C=O) groups excluding carboxylic acids is 2. The van der Waals surface area contributed by atoms with Crippen LogP contribution >= 0.6 is 0 Å². The first-order valence-corrected chi connectivity index (χ1v) is 5.59. The van der Waals surface area contributed by atoms with Crippen LogP contribution in [0.1, 0.15) is 39.0 Å². The van der Waals surface area contributed by atoms with E-state index in [9.17, 15) is 9.59 Å². The Balaban J connectivity index is 2.21. The topological polar surface area (TPSA) is 72.7 Å². The van der Waals surface area contributed by atoms with Crippen molar-refractivity contribution in [1.82, 2.24) is 0 Å². The lowest BCUT2D eigenvalue weighted by molar-refractivity contribution is -0.115. The monoisotopic (exact) mass is 223 g/mol. The largest absolute Gasteiger partial charge is 0.439 e. The molecule has 0 saturated heterocycles. The highest BCUT2D eigenvalue weighted by Crippen LogP contribution is 2.26. The van der Waals surface area contributed by atoms with Crippen LogP contribution in [-0.2, 0) is 14.3 Å². The van der Waals surface area contributed by atoms with Gasteiger partial charge < -0.3 is 10.5 Å². The number of hydrogen-bond donors (Lipinski definition) is 1. The van der Waals surface area contributed by atoms with E-state index in [1.807, 2.05) is 6.08 Å². The number of allylic oxidation sites excluding steroid dienone is 2. The van der Waals surface area contributed by atoms with Gasteiger partial charge in [-0.1, -0.05) is 32.3 Å². The summed E-state index contributed by atoms with van der Waals surface area (Å²) in [6.07, 6.45) is 8.82. The number of nitrogens with two attached hydrogens (primary N) is 1. The van der Waals surface area contributed by atoms with E-state index >= 15 is 0 Å². The Labute approximate surface area is 95.1 Å². The van der Waals surface area contributed by atoms with Gasteiger partial charge in [0, 0.05) is 0 Å². The highest BCUT2D eigenvalue weighted by atomic mass is 16.6. The highest BCUT2D eigenvalue weighted by molar-refractivity contribution is 6.12. The minimum absolute atomic E-state index is 0.000586. The molecule has 1 rings (SSSR count). The SMILES string of the molecule is CCCCCC/C=C/C(=O)C1=C(C(N)=O)O1. The van der Waals surface area contributed by atoms with Gasteiger partial charge in [0.25, 0.3) is 5.91 Å². The second-order valence-corrected chi connectivity index (χ2v) is 3.74. The van der Waals surface area contributed by atoms with Gasteiger partial charge in [0.05, 0.1) is 0 Å². The van der Waals surface area contributed by atoms with Crippen LogP contribution in [0.5, 0.6) is 0 Å². The van der Waals surface area contributed by atoms with E-state index in [-0.39, 0.29) is 17.3 Å². The Morgan fingerprint density at radius 2 is 2.00 bits per heavy atom. The molecule has 0 aromatic rings. The summed E-state index contributed by atoms with van der Waals surface area (Å²) in [5, 5.41) is 0. The number of carbonyl (C=O) groups is 2. The summed E-state index contributed by atoms with van der Waals surface area (Å²) in [7, 11) is 0. The molecule has 0 bridgehead atoms. The molecule has 0 radical (unpaired) electrons. The third-order valence-electron chi connectivity index (χ3n) is 2.31. The number of rotatable bonds is 8. The molecule has 0 atom stereocenters. The van der Waals surface area contributed by atoms with Crippen LogP contribution in [0, 0.1) is 0 Å². The second kappa shape index (κ2) is 6.10. The maximum atomic E-state index is 11.3. The molecule has 0 aliphatic carbocycles. The van der Waals surface area contributed by atoms with Crippen LogP contribution < -0.4 is 5.73 Å². The van der Waals surface area contributed by atoms with Crippen LogP contribution in [0.2, 0.25) is 0 Å². The van der Waals surface area contributed by atoms with Crippen molar-refractivity contribution >= 4 is 11.7 Å². The summed E-state index contributed by atoms with van der Waals surface area (Å²) in [5.41, 5.74) is 4.94. The van der Waals surface area contributed by atoms with Gasteiger partial charge in [-0.05, 0) is 18.9 Å². The van der Waals surface area contributed by atoms with Crippen molar-refractivity contribution in [2.45, 2.75) is 39.0 Å². The first-order chi connectivity index (χ1) is 7.66. The van der Waals surface area contributed by atoms with Gasteiger partial charge in [-0.2, -0.15) is 0 Å². The van der Waals surface area contributed by atoms with Crippen LogP contribution in [0.15, 0.2) is 23.7 Å². The van der Waals surface area contributed by atoms with Crippen molar-refractivity contribution in [3.63, 3.8) is 0 Å². The number of unbranched alkanes of at least 4 members (excludes halogenated alkanes) is 4. The molecule has 0 unspecified atom stereocenters. The molecular formula is C12H17NO3. The fourth-order valence-electron chi connectivity index (χ4n) is 1.36. The van der Waals surface area contributed by atoms with Gasteiger partial charge >= 0.3 is 0 Å². The Kier molecular flexibility index (Phi) is 4.76. The fraction of sp³-hybridized carbons (Fsp3) is 0.500. The zero-order valence-corrected chi connectivity index (χ0v) is 9.49. The summed E-state index contributed by atoms with van der Waals surface area (Å²) in [6, 6.07) is 0. The number of amides is 1. The van der Waals surface area contributed by atoms with E-state index in [1.165, 1.54) is 25.3 Å². The van der Waals surface area contributed by atoms with Crippen molar-refractivity contribution in [3.05, 3.63) is 23.7 Å². The average Bonchev–Trinajstić information content (AvgIpc) is 3.02. The first kappa shape index (κ1) is 12.5. The lowest BCUT2D eigenvalue weighted by Crippen LogP contribution is -2.08. The quantitative estimate of drug-likeness (QED) is 0.503. The average molecular weight is 223 g/mol. The Hall–Kier alpha value is -1.58. The van der Waals surface area contributed by atoms with Crippen LogP contribution in [0.25, 0.3) is 0 Å². The Morgan fingerprint density at radius 1 is 1.25 bits per heavy atom. The van der Waals surface area contributed by atoms with E-state index in [1.54, 1.807) is 0 Å². The first-order valence-electron chi connectivity index (χ1n) is 5.59. The minimum Gasteiger partial charge on any atom is -0.439 e. The Bertz CT molecular complexity index is 342. The van der Waals surface area contributed by atoms with Gasteiger partial charge in [0.1, 0.15) is 0 Å². The maximum absolute atomic E-state index is 11.3. The standard InChI is InChI=1S/C12H17NO3/c1-2-3-4-5-6-7-8-9(14)10-11(16-10)12(13)15/h7-8H,2-6H2,1H3,(H2,13,15)/b8-7+. The molecule has 1 heterocycles. The molecule has 0 aromatic heterocycles. The van der Waals surface area contributed by atoms with E-state index in [2.05, 4.69) is 6.92 Å². The van der Waals surface area contributed by atoms with Gasteiger partial charge in [-0.3, -0.25) is 9.59 Å². The maximum Gasteiger partial charge on any atom is 0.288 e. The number of ketones is 1. The number of ether oxygens (including phenoxy) is 1. The molecule has 16 heavy (non-hydrogen) atoms. The molecule has 4 heteroatoms. The summed E-state index contributed by atoms with van der Waals surface area (Å²) < 4.78 is 4.69. The van der Waals surface area contributed by atoms with Gasteiger partial charge in [0.15, 0.2) is 0 Å². The number of hydrogen-bond acceptors (Lipinski definition) is 3. The predicted octanol–water partition coefficient (Wildman–Crippen LogP) is 1.81. The zero-order chi connectivity index (χ0) is 12.0. The number of primary amides is 1. The third kappa shape index (κ3) is 3.88. The van der Waals surface area contributed by atoms with Crippen molar-refractivity contribution in [2.75, 3.05) is 0 Å². The molecule has 88 valence electrons. The smallest absolute Gasteiger partial charge is 0.288 e. The van der Waals surface area contributed by atoms with Crippen LogP contribution in [0.4, 0.5) is 0 Å². The molecular weight excluding hydrogens is 206 g/mol.